The van der Waals surface area contributed by atoms with E-state index >= 15 is 0 Å². The Kier molecular flexibility index (Phi) is 6.14. The lowest BCUT2D eigenvalue weighted by Crippen LogP contribution is -1.96. The quantitative estimate of drug-likeness (QED) is 0.315. The minimum absolute atomic E-state index is 0.0894. The Morgan fingerprint density at radius 2 is 2.20 bits per heavy atom. The average Bonchev–Trinajstić information content (AvgIpc) is 1.99. The molecule has 1 atom stereocenters. The van der Waals surface area contributed by atoms with Crippen LogP contribution in [0, 0.1) is 5.92 Å². The number of hydrogen-bond donors (Lipinski definition) is 0. The highest BCUT2D eigenvalue weighted by atomic mass is 16.1. The predicted molar refractivity (Wildman–Crippen MR) is 43.9 cm³/mol. The third kappa shape index (κ3) is 4.30. The highest BCUT2D eigenvalue weighted by molar-refractivity contribution is 5.56. The Labute approximate surface area is 63.1 Å². The lowest BCUT2D eigenvalue weighted by molar-refractivity contribution is -0.110. The molecule has 0 rings (SSSR count). The number of hydrogen-bond acceptors (Lipinski definition) is 1. The molecular weight excluding hydrogens is 124 g/mol. The summed E-state index contributed by atoms with van der Waals surface area (Å²) in [4.78, 5) is 10.3. The maximum Gasteiger partial charge on any atom is 0.126 e. The molecular formula is C9H16O. The number of allylic oxidation sites excluding steroid dienone is 1. The molecule has 0 aromatic rings. The monoisotopic (exact) mass is 140 g/mol. The summed E-state index contributed by atoms with van der Waals surface area (Å²) in [7, 11) is 0. The van der Waals surface area contributed by atoms with Crippen LogP contribution in [0.2, 0.25) is 0 Å². The number of rotatable bonds is 6. The van der Waals surface area contributed by atoms with Crippen molar-refractivity contribution in [3.8, 4) is 0 Å². The fourth-order valence-corrected chi connectivity index (χ4v) is 0.871. The molecule has 58 valence electrons. The fraction of sp³-hybridized carbons (Fsp3) is 0.667. The third-order valence-electron chi connectivity index (χ3n) is 1.62. The summed E-state index contributed by atoms with van der Waals surface area (Å²) in [6, 6.07) is 0. The van der Waals surface area contributed by atoms with Crippen molar-refractivity contribution in [1.82, 2.24) is 0 Å². The first-order valence-corrected chi connectivity index (χ1v) is 3.93. The van der Waals surface area contributed by atoms with Crippen LogP contribution < -0.4 is 0 Å². The van der Waals surface area contributed by atoms with Crippen LogP contribution in [0.4, 0.5) is 0 Å². The molecule has 10 heavy (non-hydrogen) atoms. The summed E-state index contributed by atoms with van der Waals surface area (Å²) in [6.07, 6.45) is 7.25. The number of unbranched alkanes of at least 4 members (excludes halogenated alkanes) is 2. The highest BCUT2D eigenvalue weighted by Crippen LogP contribution is 2.07. The van der Waals surface area contributed by atoms with Crippen molar-refractivity contribution in [2.45, 2.75) is 32.6 Å². The maximum absolute atomic E-state index is 10.3. The molecule has 0 spiro atoms. The Morgan fingerprint density at radius 1 is 1.50 bits per heavy atom. The lowest BCUT2D eigenvalue weighted by atomic mass is 10.0. The Bertz CT molecular complexity index is 88.9. The first kappa shape index (κ1) is 9.41. The zero-order valence-corrected chi connectivity index (χ0v) is 6.68. The molecule has 1 heteroatoms. The van der Waals surface area contributed by atoms with Gasteiger partial charge in [0.15, 0.2) is 0 Å². The standard InChI is InChI=1S/C9H16O/c1-3-5-6-7-9(4-2)8-10/h4,8-9H,2-3,5-7H2,1H3. The van der Waals surface area contributed by atoms with E-state index in [9.17, 15) is 4.79 Å². The Balaban J connectivity index is 3.25. The molecule has 0 aliphatic carbocycles. The van der Waals surface area contributed by atoms with Crippen molar-refractivity contribution in [3.63, 3.8) is 0 Å². The zero-order chi connectivity index (χ0) is 7.82. The van der Waals surface area contributed by atoms with Crippen molar-refractivity contribution < 1.29 is 4.79 Å². The van der Waals surface area contributed by atoms with Gasteiger partial charge in [-0.25, -0.2) is 0 Å². The SMILES string of the molecule is C=CC(C=O)CCCCC. The lowest BCUT2D eigenvalue weighted by Gasteiger charge is -2.01. The molecule has 0 bridgehead atoms. The van der Waals surface area contributed by atoms with Crippen LogP contribution in [0.1, 0.15) is 32.6 Å². The van der Waals surface area contributed by atoms with Crippen LogP contribution in [0.15, 0.2) is 12.7 Å². The van der Waals surface area contributed by atoms with Crippen molar-refractivity contribution in [3.05, 3.63) is 12.7 Å². The smallest absolute Gasteiger partial charge is 0.126 e. The number of aldehydes is 1. The second-order valence-electron chi connectivity index (χ2n) is 2.53. The highest BCUT2D eigenvalue weighted by Gasteiger charge is 1.99. The first-order valence-electron chi connectivity index (χ1n) is 3.93. The van der Waals surface area contributed by atoms with E-state index in [-0.39, 0.29) is 5.92 Å². The van der Waals surface area contributed by atoms with Crippen molar-refractivity contribution >= 4 is 6.29 Å². The zero-order valence-electron chi connectivity index (χ0n) is 6.68. The molecule has 0 saturated carbocycles. The van der Waals surface area contributed by atoms with Crippen LogP contribution in [0.25, 0.3) is 0 Å². The summed E-state index contributed by atoms with van der Waals surface area (Å²) in [6.45, 7) is 5.74. The van der Waals surface area contributed by atoms with Gasteiger partial charge in [0.1, 0.15) is 6.29 Å². The van der Waals surface area contributed by atoms with E-state index in [0.29, 0.717) is 0 Å². The molecule has 0 aromatic heterocycles. The summed E-state index contributed by atoms with van der Waals surface area (Å²) in [5, 5.41) is 0. The summed E-state index contributed by atoms with van der Waals surface area (Å²) in [5.74, 6) is 0.0894. The minimum Gasteiger partial charge on any atom is -0.303 e. The van der Waals surface area contributed by atoms with E-state index < -0.39 is 0 Å². The van der Waals surface area contributed by atoms with Gasteiger partial charge in [-0.15, -0.1) is 6.58 Å². The second-order valence-corrected chi connectivity index (χ2v) is 2.53. The molecule has 0 heterocycles. The molecule has 0 radical (unpaired) electrons. The van der Waals surface area contributed by atoms with Gasteiger partial charge in [0, 0.05) is 5.92 Å². The van der Waals surface area contributed by atoms with Gasteiger partial charge in [-0.1, -0.05) is 32.3 Å². The van der Waals surface area contributed by atoms with E-state index in [1.165, 1.54) is 12.8 Å². The van der Waals surface area contributed by atoms with Gasteiger partial charge in [0.05, 0.1) is 0 Å². The normalized spacial score (nSPS) is 12.5. The number of carbonyl (C=O) groups excluding carboxylic acids is 1. The molecule has 0 aliphatic rings. The summed E-state index contributed by atoms with van der Waals surface area (Å²) < 4.78 is 0. The van der Waals surface area contributed by atoms with Crippen LogP contribution in [-0.2, 0) is 4.79 Å². The topological polar surface area (TPSA) is 17.1 Å². The van der Waals surface area contributed by atoms with Crippen LogP contribution in [0.3, 0.4) is 0 Å². The number of carbonyl (C=O) groups is 1. The summed E-state index contributed by atoms with van der Waals surface area (Å²) in [5.41, 5.74) is 0. The minimum atomic E-state index is 0.0894. The third-order valence-corrected chi connectivity index (χ3v) is 1.62. The fourth-order valence-electron chi connectivity index (χ4n) is 0.871. The molecule has 0 saturated heterocycles. The van der Waals surface area contributed by atoms with Crippen LogP contribution in [-0.4, -0.2) is 6.29 Å². The van der Waals surface area contributed by atoms with Crippen molar-refractivity contribution in [2.24, 2.45) is 5.92 Å². The van der Waals surface area contributed by atoms with Gasteiger partial charge in [-0.05, 0) is 6.42 Å². The van der Waals surface area contributed by atoms with Gasteiger partial charge in [-0.3, -0.25) is 0 Å². The van der Waals surface area contributed by atoms with Crippen LogP contribution in [0.5, 0.6) is 0 Å². The molecule has 1 nitrogen and oxygen atoms in total. The van der Waals surface area contributed by atoms with Gasteiger partial charge in [0.25, 0.3) is 0 Å². The Morgan fingerprint density at radius 3 is 2.60 bits per heavy atom. The largest absolute Gasteiger partial charge is 0.303 e. The molecule has 0 N–H and O–H groups in total. The van der Waals surface area contributed by atoms with E-state index in [4.69, 9.17) is 0 Å². The van der Waals surface area contributed by atoms with Gasteiger partial charge >= 0.3 is 0 Å². The van der Waals surface area contributed by atoms with Crippen molar-refractivity contribution in [2.75, 3.05) is 0 Å². The summed E-state index contributed by atoms with van der Waals surface area (Å²) >= 11 is 0. The van der Waals surface area contributed by atoms with Crippen molar-refractivity contribution in [1.29, 1.82) is 0 Å². The van der Waals surface area contributed by atoms with Gasteiger partial charge < -0.3 is 4.79 Å². The van der Waals surface area contributed by atoms with E-state index in [0.717, 1.165) is 19.1 Å². The molecule has 1 unspecified atom stereocenters. The Hall–Kier alpha value is -0.590. The van der Waals surface area contributed by atoms with Gasteiger partial charge in [-0.2, -0.15) is 0 Å². The molecule has 0 amide bonds. The van der Waals surface area contributed by atoms with E-state index in [1.54, 1.807) is 6.08 Å². The predicted octanol–water partition coefficient (Wildman–Crippen LogP) is 2.57. The van der Waals surface area contributed by atoms with Crippen LogP contribution >= 0.6 is 0 Å². The molecule has 0 aliphatic heterocycles. The average molecular weight is 140 g/mol. The molecule has 0 fully saturated rings. The molecule has 0 aromatic carbocycles. The maximum atomic E-state index is 10.3. The van der Waals surface area contributed by atoms with E-state index in [1.807, 2.05) is 0 Å². The first-order chi connectivity index (χ1) is 4.85. The van der Waals surface area contributed by atoms with Gasteiger partial charge in [0.2, 0.25) is 0 Å². The second kappa shape index (κ2) is 6.53. The van der Waals surface area contributed by atoms with E-state index in [2.05, 4.69) is 13.5 Å².